The van der Waals surface area contributed by atoms with Crippen LogP contribution in [-0.2, 0) is 15.7 Å². The molecule has 0 spiro atoms. The molecule has 0 amide bonds. The Balaban J connectivity index is 2.07. The van der Waals surface area contributed by atoms with Gasteiger partial charge in [-0.2, -0.15) is 13.2 Å². The summed E-state index contributed by atoms with van der Waals surface area (Å²) in [5, 5.41) is 2.31. The number of aromatic nitrogens is 1. The zero-order chi connectivity index (χ0) is 13.9. The van der Waals surface area contributed by atoms with Gasteiger partial charge in [0.1, 0.15) is 0 Å². The van der Waals surface area contributed by atoms with Gasteiger partial charge in [-0.05, 0) is 6.54 Å². The molecule has 2 rings (SSSR count). The third-order valence-electron chi connectivity index (χ3n) is 2.68. The molecule has 0 bridgehead atoms. The minimum absolute atomic E-state index is 0.235. The van der Waals surface area contributed by atoms with Crippen LogP contribution in [0.3, 0.4) is 0 Å². The van der Waals surface area contributed by atoms with Crippen LogP contribution in [0.2, 0.25) is 0 Å². The largest absolute Gasteiger partial charge is 0.443 e. The zero-order valence-corrected chi connectivity index (χ0v) is 11.2. The second-order valence-electron chi connectivity index (χ2n) is 4.08. The molecule has 1 aromatic rings. The maximum atomic E-state index is 12.5. The van der Waals surface area contributed by atoms with Crippen LogP contribution in [0.5, 0.6) is 0 Å². The monoisotopic (exact) mass is 296 g/mol. The fourth-order valence-electron chi connectivity index (χ4n) is 1.86. The molecule has 1 aliphatic heterocycles. The minimum Gasteiger partial charge on any atom is -0.350 e. The first kappa shape index (κ1) is 14.7. The smallest absolute Gasteiger partial charge is 0.350 e. The SMILES string of the molecule is CCNC(CC1OCCO1)c1cnc(C(F)(F)F)s1. The van der Waals surface area contributed by atoms with Crippen molar-refractivity contribution in [2.24, 2.45) is 0 Å². The Morgan fingerprint density at radius 2 is 2.16 bits per heavy atom. The summed E-state index contributed by atoms with van der Waals surface area (Å²) < 4.78 is 48.3. The molecule has 8 heteroatoms. The van der Waals surface area contributed by atoms with E-state index in [1.54, 1.807) is 0 Å². The van der Waals surface area contributed by atoms with Crippen molar-refractivity contribution in [2.75, 3.05) is 19.8 Å². The number of hydrogen-bond donors (Lipinski definition) is 1. The lowest BCUT2D eigenvalue weighted by molar-refractivity contribution is -0.137. The molecular formula is C11H15F3N2O2S. The van der Waals surface area contributed by atoms with Crippen molar-refractivity contribution in [3.8, 4) is 0 Å². The molecule has 0 aromatic carbocycles. The van der Waals surface area contributed by atoms with E-state index in [1.165, 1.54) is 6.20 Å². The van der Waals surface area contributed by atoms with Crippen molar-refractivity contribution in [2.45, 2.75) is 31.9 Å². The van der Waals surface area contributed by atoms with Crippen molar-refractivity contribution in [1.82, 2.24) is 10.3 Å². The van der Waals surface area contributed by atoms with Gasteiger partial charge in [0.25, 0.3) is 0 Å². The van der Waals surface area contributed by atoms with Crippen molar-refractivity contribution >= 4 is 11.3 Å². The summed E-state index contributed by atoms with van der Waals surface area (Å²) in [6, 6.07) is -0.235. The van der Waals surface area contributed by atoms with E-state index in [1.807, 2.05) is 6.92 Å². The number of hydrogen-bond acceptors (Lipinski definition) is 5. The first-order valence-electron chi connectivity index (χ1n) is 6.00. The summed E-state index contributed by atoms with van der Waals surface area (Å²) in [6.45, 7) is 3.60. The summed E-state index contributed by atoms with van der Waals surface area (Å²) in [5.74, 6) is 0. The highest BCUT2D eigenvalue weighted by atomic mass is 32.1. The molecule has 4 nitrogen and oxygen atoms in total. The molecule has 108 valence electrons. The fourth-order valence-corrected chi connectivity index (χ4v) is 2.73. The number of nitrogens with zero attached hydrogens (tertiary/aromatic N) is 1. The third-order valence-corrected chi connectivity index (χ3v) is 3.83. The Hall–Kier alpha value is -0.700. The lowest BCUT2D eigenvalue weighted by Gasteiger charge is -2.19. The quantitative estimate of drug-likeness (QED) is 0.907. The second kappa shape index (κ2) is 6.17. The maximum absolute atomic E-state index is 12.5. The summed E-state index contributed by atoms with van der Waals surface area (Å²) in [5.41, 5.74) is 0. The van der Waals surface area contributed by atoms with E-state index in [4.69, 9.17) is 9.47 Å². The molecule has 1 atom stereocenters. The normalized spacial score (nSPS) is 18.9. The lowest BCUT2D eigenvalue weighted by atomic mass is 10.2. The second-order valence-corrected chi connectivity index (χ2v) is 5.14. The molecular weight excluding hydrogens is 281 g/mol. The first-order valence-corrected chi connectivity index (χ1v) is 6.82. The van der Waals surface area contributed by atoms with Crippen LogP contribution in [0.15, 0.2) is 6.20 Å². The van der Waals surface area contributed by atoms with Crippen LogP contribution in [0.4, 0.5) is 13.2 Å². The van der Waals surface area contributed by atoms with E-state index >= 15 is 0 Å². The van der Waals surface area contributed by atoms with Crippen LogP contribution >= 0.6 is 11.3 Å². The number of rotatable bonds is 5. The first-order chi connectivity index (χ1) is 9.00. The standard InChI is InChI=1S/C11H15F3N2O2S/c1-2-15-7(5-9-17-3-4-18-9)8-6-16-10(19-8)11(12,13)14/h6-7,9,15H,2-5H2,1H3. The Bertz CT molecular complexity index is 405. The average Bonchev–Trinajstić information content (AvgIpc) is 2.98. The summed E-state index contributed by atoms with van der Waals surface area (Å²) in [6.07, 6.45) is -3.00. The van der Waals surface area contributed by atoms with Gasteiger partial charge < -0.3 is 14.8 Å². The van der Waals surface area contributed by atoms with Gasteiger partial charge in [0.15, 0.2) is 11.3 Å². The molecule has 1 N–H and O–H groups in total. The molecule has 1 unspecified atom stereocenters. The minimum atomic E-state index is -4.39. The summed E-state index contributed by atoms with van der Waals surface area (Å²) in [7, 11) is 0. The van der Waals surface area contributed by atoms with Crippen molar-refractivity contribution < 1.29 is 22.6 Å². The predicted molar refractivity (Wildman–Crippen MR) is 63.8 cm³/mol. The van der Waals surface area contributed by atoms with Gasteiger partial charge in [0.2, 0.25) is 0 Å². The van der Waals surface area contributed by atoms with Gasteiger partial charge >= 0.3 is 6.18 Å². The number of alkyl halides is 3. The van der Waals surface area contributed by atoms with E-state index < -0.39 is 11.2 Å². The molecule has 1 saturated heterocycles. The molecule has 2 heterocycles. The van der Waals surface area contributed by atoms with Crippen molar-refractivity contribution in [3.63, 3.8) is 0 Å². The Labute approximate surface area is 112 Å². The van der Waals surface area contributed by atoms with E-state index in [9.17, 15) is 13.2 Å². The lowest BCUT2D eigenvalue weighted by Crippen LogP contribution is -2.25. The van der Waals surface area contributed by atoms with Crippen LogP contribution in [-0.4, -0.2) is 31.0 Å². The molecule has 0 radical (unpaired) electrons. The summed E-state index contributed by atoms with van der Waals surface area (Å²) >= 11 is 0.662. The topological polar surface area (TPSA) is 43.4 Å². The molecule has 1 aliphatic rings. The van der Waals surface area contributed by atoms with Crippen LogP contribution in [0.25, 0.3) is 0 Å². The number of ether oxygens (including phenoxy) is 2. The van der Waals surface area contributed by atoms with Gasteiger partial charge in [-0.15, -0.1) is 11.3 Å². The molecule has 1 fully saturated rings. The van der Waals surface area contributed by atoms with Gasteiger partial charge in [0, 0.05) is 23.5 Å². The Kier molecular flexibility index (Phi) is 4.77. The fraction of sp³-hybridized carbons (Fsp3) is 0.727. The average molecular weight is 296 g/mol. The highest BCUT2D eigenvalue weighted by molar-refractivity contribution is 7.11. The number of halogens is 3. The number of thiazole rings is 1. The van der Waals surface area contributed by atoms with Crippen molar-refractivity contribution in [1.29, 1.82) is 0 Å². The van der Waals surface area contributed by atoms with E-state index in [0.29, 0.717) is 42.4 Å². The van der Waals surface area contributed by atoms with E-state index in [2.05, 4.69) is 10.3 Å². The highest BCUT2D eigenvalue weighted by Gasteiger charge is 2.35. The zero-order valence-electron chi connectivity index (χ0n) is 10.4. The van der Waals surface area contributed by atoms with Gasteiger partial charge in [-0.1, -0.05) is 6.92 Å². The Morgan fingerprint density at radius 3 is 2.68 bits per heavy atom. The van der Waals surface area contributed by atoms with E-state index in [0.717, 1.165) is 0 Å². The molecule has 0 aliphatic carbocycles. The third kappa shape index (κ3) is 3.88. The molecule has 1 aromatic heterocycles. The maximum Gasteiger partial charge on any atom is 0.443 e. The molecule has 19 heavy (non-hydrogen) atoms. The van der Waals surface area contributed by atoms with Crippen LogP contribution in [0.1, 0.15) is 29.3 Å². The van der Waals surface area contributed by atoms with E-state index in [-0.39, 0.29) is 12.3 Å². The van der Waals surface area contributed by atoms with Crippen molar-refractivity contribution in [3.05, 3.63) is 16.1 Å². The number of nitrogens with one attached hydrogen (secondary N) is 1. The van der Waals surface area contributed by atoms with Gasteiger partial charge in [-0.3, -0.25) is 0 Å². The molecule has 0 saturated carbocycles. The Morgan fingerprint density at radius 1 is 1.47 bits per heavy atom. The van der Waals surface area contributed by atoms with Crippen LogP contribution in [0, 0.1) is 0 Å². The summed E-state index contributed by atoms with van der Waals surface area (Å²) in [4.78, 5) is 3.99. The predicted octanol–water partition coefficient (Wildman–Crippen LogP) is 2.58. The van der Waals surface area contributed by atoms with Gasteiger partial charge in [-0.25, -0.2) is 4.98 Å². The van der Waals surface area contributed by atoms with Gasteiger partial charge in [0.05, 0.1) is 13.2 Å². The van der Waals surface area contributed by atoms with Crippen LogP contribution < -0.4 is 5.32 Å². The highest BCUT2D eigenvalue weighted by Crippen LogP contribution is 2.35.